The Bertz CT molecular complexity index is 1390. The number of carbonyl (C=O) groups is 3. The minimum absolute atomic E-state index is 0.238. The van der Waals surface area contributed by atoms with Crippen LogP contribution >= 0.6 is 0 Å². The molecule has 3 aromatic carbocycles. The Morgan fingerprint density at radius 2 is 1.50 bits per heavy atom. The van der Waals surface area contributed by atoms with Gasteiger partial charge in [-0.1, -0.05) is 48.6 Å². The Hall–Kier alpha value is -3.93. The average molecular weight is 455 g/mol. The van der Waals surface area contributed by atoms with Gasteiger partial charge in [-0.25, -0.2) is 8.78 Å². The van der Waals surface area contributed by atoms with Crippen molar-refractivity contribution in [3.63, 3.8) is 0 Å². The molecule has 3 aliphatic rings. The monoisotopic (exact) mass is 455 g/mol. The third kappa shape index (κ3) is 2.48. The van der Waals surface area contributed by atoms with Gasteiger partial charge in [0.25, 0.3) is 0 Å². The lowest BCUT2D eigenvalue weighted by Gasteiger charge is -2.37. The molecule has 0 saturated carbocycles. The minimum Gasteiger partial charge on any atom is -0.352 e. The normalized spacial score (nSPS) is 23.7. The third-order valence-corrected chi connectivity index (χ3v) is 7.41. The number of anilines is 1. The van der Waals surface area contributed by atoms with Crippen LogP contribution in [0.4, 0.5) is 14.5 Å². The number of hydrogen-bond acceptors (Lipinski definition) is 4. The molecule has 2 aliphatic heterocycles. The van der Waals surface area contributed by atoms with E-state index in [-0.39, 0.29) is 17.3 Å². The zero-order valence-electron chi connectivity index (χ0n) is 18.2. The maximum absolute atomic E-state index is 14.1. The van der Waals surface area contributed by atoms with E-state index in [9.17, 15) is 23.2 Å². The SMILES string of the molecule is CC(=O)[C@@H]1[C@H](c2ccc(F)cc2)C2(C(=O)c3ccccc3C2=O)[C@H]2C=Cc3cc(F)ccc3N12. The molecule has 6 rings (SSSR count). The van der Waals surface area contributed by atoms with E-state index < -0.39 is 35.1 Å². The summed E-state index contributed by atoms with van der Waals surface area (Å²) in [4.78, 5) is 43.3. The highest BCUT2D eigenvalue weighted by atomic mass is 19.1. The van der Waals surface area contributed by atoms with Crippen LogP contribution in [0.3, 0.4) is 0 Å². The van der Waals surface area contributed by atoms with Crippen LogP contribution in [0.15, 0.2) is 72.8 Å². The Labute approximate surface area is 194 Å². The van der Waals surface area contributed by atoms with E-state index in [2.05, 4.69) is 0 Å². The number of halogens is 2. The molecule has 34 heavy (non-hydrogen) atoms. The first kappa shape index (κ1) is 20.7. The van der Waals surface area contributed by atoms with E-state index in [0.29, 0.717) is 27.9 Å². The lowest BCUT2D eigenvalue weighted by molar-refractivity contribution is -0.118. The first-order valence-corrected chi connectivity index (χ1v) is 11.1. The lowest BCUT2D eigenvalue weighted by atomic mass is 9.64. The molecular formula is C28H19F2NO3. The maximum Gasteiger partial charge on any atom is 0.180 e. The molecule has 1 aliphatic carbocycles. The molecule has 3 atom stereocenters. The number of benzene rings is 3. The maximum atomic E-state index is 14.1. The van der Waals surface area contributed by atoms with Crippen LogP contribution in [0, 0.1) is 17.0 Å². The first-order valence-electron chi connectivity index (χ1n) is 11.1. The molecule has 0 N–H and O–H groups in total. The Morgan fingerprint density at radius 3 is 2.12 bits per heavy atom. The van der Waals surface area contributed by atoms with Gasteiger partial charge in [-0.2, -0.15) is 0 Å². The van der Waals surface area contributed by atoms with E-state index in [1.807, 2.05) is 0 Å². The van der Waals surface area contributed by atoms with Crippen molar-refractivity contribution in [2.75, 3.05) is 4.90 Å². The first-order chi connectivity index (χ1) is 16.4. The Balaban J connectivity index is 1.68. The molecule has 0 amide bonds. The van der Waals surface area contributed by atoms with Crippen molar-refractivity contribution in [2.45, 2.75) is 24.9 Å². The van der Waals surface area contributed by atoms with Crippen LogP contribution in [0.2, 0.25) is 0 Å². The smallest absolute Gasteiger partial charge is 0.180 e. The molecule has 1 spiro atoms. The van der Waals surface area contributed by atoms with Crippen molar-refractivity contribution in [3.05, 3.63) is 107 Å². The summed E-state index contributed by atoms with van der Waals surface area (Å²) in [7, 11) is 0. The van der Waals surface area contributed by atoms with Crippen molar-refractivity contribution in [3.8, 4) is 0 Å². The zero-order chi connectivity index (χ0) is 23.8. The van der Waals surface area contributed by atoms with Gasteiger partial charge in [0.05, 0.1) is 12.1 Å². The molecule has 4 nitrogen and oxygen atoms in total. The van der Waals surface area contributed by atoms with Gasteiger partial charge >= 0.3 is 0 Å². The highest BCUT2D eigenvalue weighted by molar-refractivity contribution is 6.32. The predicted octanol–water partition coefficient (Wildman–Crippen LogP) is 4.99. The van der Waals surface area contributed by atoms with Crippen molar-refractivity contribution < 1.29 is 23.2 Å². The average Bonchev–Trinajstić information content (AvgIpc) is 3.26. The Morgan fingerprint density at radius 1 is 0.882 bits per heavy atom. The highest BCUT2D eigenvalue weighted by Crippen LogP contribution is 2.60. The standard InChI is InChI=1S/C28H19F2NO3/c1-15(32)25-24(16-6-9-18(29)10-7-16)28(26(33)20-4-2-3-5-21(20)27(28)34)23-13-8-17-14-19(30)11-12-22(17)31(23)25/h2-14,23-25H,1H3/t23-,24+,25-/m1/s1. The minimum atomic E-state index is -1.61. The van der Waals surface area contributed by atoms with Crippen molar-refractivity contribution >= 4 is 29.1 Å². The molecule has 6 heteroatoms. The van der Waals surface area contributed by atoms with Gasteiger partial charge in [0.1, 0.15) is 17.0 Å². The van der Waals surface area contributed by atoms with Crippen LogP contribution in [0.5, 0.6) is 0 Å². The topological polar surface area (TPSA) is 54.5 Å². The van der Waals surface area contributed by atoms with Crippen molar-refractivity contribution in [1.29, 1.82) is 0 Å². The third-order valence-electron chi connectivity index (χ3n) is 7.41. The van der Waals surface area contributed by atoms with E-state index in [1.54, 1.807) is 47.4 Å². The summed E-state index contributed by atoms with van der Waals surface area (Å²) in [6.45, 7) is 1.43. The van der Waals surface area contributed by atoms with E-state index >= 15 is 0 Å². The second-order valence-electron chi connectivity index (χ2n) is 9.07. The van der Waals surface area contributed by atoms with Gasteiger partial charge in [-0.15, -0.1) is 0 Å². The number of carbonyl (C=O) groups excluding carboxylic acids is 3. The predicted molar refractivity (Wildman–Crippen MR) is 123 cm³/mol. The fraction of sp³-hybridized carbons (Fsp3) is 0.179. The quantitative estimate of drug-likeness (QED) is 0.511. The van der Waals surface area contributed by atoms with E-state index in [1.165, 1.54) is 43.3 Å². The summed E-state index contributed by atoms with van der Waals surface area (Å²) < 4.78 is 27.8. The molecule has 0 radical (unpaired) electrons. The molecule has 0 unspecified atom stereocenters. The second-order valence-corrected chi connectivity index (χ2v) is 9.07. The van der Waals surface area contributed by atoms with Crippen molar-refractivity contribution in [2.24, 2.45) is 5.41 Å². The van der Waals surface area contributed by atoms with Gasteiger partial charge in [0.2, 0.25) is 0 Å². The molecule has 168 valence electrons. The van der Waals surface area contributed by atoms with Crippen LogP contribution in [0.1, 0.15) is 44.7 Å². The summed E-state index contributed by atoms with van der Waals surface area (Å²) in [5.41, 5.74) is 0.703. The van der Waals surface area contributed by atoms with Crippen LogP contribution < -0.4 is 4.90 Å². The number of hydrogen-bond donors (Lipinski definition) is 0. The summed E-state index contributed by atoms with van der Waals surface area (Å²) in [6.07, 6.45) is 3.43. The molecular weight excluding hydrogens is 436 g/mol. The fourth-order valence-electron chi connectivity index (χ4n) is 6.14. The van der Waals surface area contributed by atoms with Crippen LogP contribution in [0.25, 0.3) is 6.08 Å². The van der Waals surface area contributed by atoms with Crippen LogP contribution in [-0.4, -0.2) is 29.4 Å². The molecule has 1 fully saturated rings. The molecule has 2 heterocycles. The molecule has 0 bridgehead atoms. The number of Topliss-reactive ketones (excluding diaryl/α,β-unsaturated/α-hetero) is 3. The van der Waals surface area contributed by atoms with Gasteiger partial charge in [-0.05, 0) is 42.8 Å². The number of rotatable bonds is 2. The largest absolute Gasteiger partial charge is 0.352 e. The molecule has 3 aromatic rings. The number of ketones is 3. The summed E-state index contributed by atoms with van der Waals surface area (Å²) in [6, 6.07) is 14.9. The summed E-state index contributed by atoms with van der Waals surface area (Å²) in [5.74, 6) is -2.68. The van der Waals surface area contributed by atoms with E-state index in [0.717, 1.165) is 0 Å². The summed E-state index contributed by atoms with van der Waals surface area (Å²) in [5, 5.41) is 0. The van der Waals surface area contributed by atoms with Gasteiger partial charge in [0, 0.05) is 28.3 Å². The number of fused-ring (bicyclic) bond motifs is 5. The summed E-state index contributed by atoms with van der Waals surface area (Å²) >= 11 is 0. The highest BCUT2D eigenvalue weighted by Gasteiger charge is 2.71. The number of nitrogens with zero attached hydrogens (tertiary/aromatic N) is 1. The van der Waals surface area contributed by atoms with Crippen molar-refractivity contribution in [1.82, 2.24) is 0 Å². The van der Waals surface area contributed by atoms with E-state index in [4.69, 9.17) is 0 Å². The van der Waals surface area contributed by atoms with Gasteiger partial charge < -0.3 is 4.90 Å². The van der Waals surface area contributed by atoms with Gasteiger partial charge in [-0.3, -0.25) is 14.4 Å². The lowest BCUT2D eigenvalue weighted by Crippen LogP contribution is -2.48. The van der Waals surface area contributed by atoms with Gasteiger partial charge in [0.15, 0.2) is 17.3 Å². The molecule has 1 saturated heterocycles. The second kappa shape index (κ2) is 7.03. The van der Waals surface area contributed by atoms with Crippen LogP contribution in [-0.2, 0) is 4.79 Å². The zero-order valence-corrected chi connectivity index (χ0v) is 18.2. The molecule has 0 aromatic heterocycles. The fourth-order valence-corrected chi connectivity index (χ4v) is 6.14. The Kier molecular flexibility index (Phi) is 4.27.